The molecule has 0 heterocycles. The zero-order chi connectivity index (χ0) is 15.5. The molecule has 0 fully saturated rings. The molecule has 5 heteroatoms. The summed E-state index contributed by atoms with van der Waals surface area (Å²) >= 11 is 0. The van der Waals surface area contributed by atoms with Gasteiger partial charge in [-0.2, -0.15) is 0 Å². The first-order valence-electron chi connectivity index (χ1n) is 6.95. The van der Waals surface area contributed by atoms with E-state index in [2.05, 4.69) is 0 Å². The van der Waals surface area contributed by atoms with Gasteiger partial charge in [-0.05, 0) is 49.4 Å². The standard InChI is InChI=1S/C15H26N2O2S/c1-11(2)15(16)6-7-17(5)20(18,19)14-9-12(3)8-13(4)10-14/h8-11,15H,6-7,16H2,1-5H3. The highest BCUT2D eigenvalue weighted by Gasteiger charge is 2.22. The van der Waals surface area contributed by atoms with Crippen molar-refractivity contribution >= 4 is 10.0 Å². The van der Waals surface area contributed by atoms with Gasteiger partial charge in [0.25, 0.3) is 0 Å². The Morgan fingerprint density at radius 1 is 1.15 bits per heavy atom. The van der Waals surface area contributed by atoms with Gasteiger partial charge in [0, 0.05) is 19.6 Å². The first-order chi connectivity index (χ1) is 9.14. The van der Waals surface area contributed by atoms with Crippen molar-refractivity contribution in [2.75, 3.05) is 13.6 Å². The van der Waals surface area contributed by atoms with Crippen molar-refractivity contribution in [1.29, 1.82) is 0 Å². The van der Waals surface area contributed by atoms with Crippen LogP contribution in [0.5, 0.6) is 0 Å². The highest BCUT2D eigenvalue weighted by atomic mass is 32.2. The van der Waals surface area contributed by atoms with Gasteiger partial charge in [0.1, 0.15) is 0 Å². The molecule has 1 unspecified atom stereocenters. The summed E-state index contributed by atoms with van der Waals surface area (Å²) in [6.07, 6.45) is 0.665. The first kappa shape index (κ1) is 17.1. The Labute approximate surface area is 123 Å². The van der Waals surface area contributed by atoms with Crippen LogP contribution >= 0.6 is 0 Å². The monoisotopic (exact) mass is 298 g/mol. The van der Waals surface area contributed by atoms with E-state index in [0.717, 1.165) is 11.1 Å². The van der Waals surface area contributed by atoms with Gasteiger partial charge >= 0.3 is 0 Å². The third-order valence-electron chi connectivity index (χ3n) is 3.54. The normalized spacial score (nSPS) is 14.0. The number of aryl methyl sites for hydroxylation is 2. The lowest BCUT2D eigenvalue weighted by atomic mass is 10.0. The maximum absolute atomic E-state index is 12.5. The van der Waals surface area contributed by atoms with Crippen molar-refractivity contribution in [3.8, 4) is 0 Å². The Kier molecular flexibility index (Phi) is 5.74. The molecule has 0 aliphatic rings. The number of hydrogen-bond acceptors (Lipinski definition) is 3. The van der Waals surface area contributed by atoms with Gasteiger partial charge in [-0.1, -0.05) is 19.9 Å². The number of rotatable bonds is 6. The highest BCUT2D eigenvalue weighted by Crippen LogP contribution is 2.18. The average molecular weight is 298 g/mol. The van der Waals surface area contributed by atoms with Crippen molar-refractivity contribution in [2.45, 2.75) is 45.1 Å². The molecule has 0 spiro atoms. The summed E-state index contributed by atoms with van der Waals surface area (Å²) in [7, 11) is -1.82. The predicted molar refractivity (Wildman–Crippen MR) is 83.2 cm³/mol. The van der Waals surface area contributed by atoms with E-state index in [4.69, 9.17) is 5.73 Å². The molecule has 1 aromatic carbocycles. The maximum atomic E-state index is 12.5. The predicted octanol–water partition coefficient (Wildman–Crippen LogP) is 2.30. The van der Waals surface area contributed by atoms with Crippen LogP contribution in [0.4, 0.5) is 0 Å². The second-order valence-corrected chi connectivity index (χ2v) is 7.89. The molecule has 0 amide bonds. The molecule has 0 aliphatic carbocycles. The molecular formula is C15H26N2O2S. The molecule has 1 rings (SSSR count). The minimum atomic E-state index is -3.43. The van der Waals surface area contributed by atoms with E-state index < -0.39 is 10.0 Å². The van der Waals surface area contributed by atoms with Crippen LogP contribution < -0.4 is 5.73 Å². The van der Waals surface area contributed by atoms with Crippen LogP contribution in [0, 0.1) is 19.8 Å². The number of nitrogens with two attached hydrogens (primary N) is 1. The fourth-order valence-electron chi connectivity index (χ4n) is 2.05. The number of benzene rings is 1. The summed E-state index contributed by atoms with van der Waals surface area (Å²) in [5.74, 6) is 0.354. The van der Waals surface area contributed by atoms with Crippen LogP contribution in [0.15, 0.2) is 23.1 Å². The van der Waals surface area contributed by atoms with Crippen molar-refractivity contribution in [3.05, 3.63) is 29.3 Å². The Bertz CT molecular complexity index is 533. The third-order valence-corrected chi connectivity index (χ3v) is 5.37. The number of nitrogens with zero attached hydrogens (tertiary/aromatic N) is 1. The second-order valence-electron chi connectivity index (χ2n) is 5.85. The SMILES string of the molecule is Cc1cc(C)cc(S(=O)(=O)N(C)CCC(N)C(C)C)c1. The van der Waals surface area contributed by atoms with Gasteiger partial charge in [0.2, 0.25) is 10.0 Å². The summed E-state index contributed by atoms with van der Waals surface area (Å²) in [5, 5.41) is 0. The molecule has 0 bridgehead atoms. The molecule has 1 atom stereocenters. The lowest BCUT2D eigenvalue weighted by molar-refractivity contribution is 0.397. The van der Waals surface area contributed by atoms with E-state index in [-0.39, 0.29) is 6.04 Å². The van der Waals surface area contributed by atoms with E-state index in [1.165, 1.54) is 4.31 Å². The fourth-order valence-corrected chi connectivity index (χ4v) is 3.42. The molecule has 1 aromatic rings. The van der Waals surface area contributed by atoms with Gasteiger partial charge in [0.15, 0.2) is 0 Å². The quantitative estimate of drug-likeness (QED) is 0.876. The minimum absolute atomic E-state index is 0.0203. The first-order valence-corrected chi connectivity index (χ1v) is 8.39. The van der Waals surface area contributed by atoms with Crippen LogP contribution in [0.25, 0.3) is 0 Å². The molecule has 4 nitrogen and oxygen atoms in total. The van der Waals surface area contributed by atoms with Crippen molar-refractivity contribution in [2.24, 2.45) is 11.7 Å². The lowest BCUT2D eigenvalue weighted by Crippen LogP contribution is -2.34. The van der Waals surface area contributed by atoms with Crippen molar-refractivity contribution in [3.63, 3.8) is 0 Å². The van der Waals surface area contributed by atoms with Gasteiger partial charge in [0.05, 0.1) is 4.90 Å². The van der Waals surface area contributed by atoms with Crippen molar-refractivity contribution < 1.29 is 8.42 Å². The Morgan fingerprint density at radius 2 is 1.65 bits per heavy atom. The van der Waals surface area contributed by atoms with Crippen LogP contribution in [0.2, 0.25) is 0 Å². The van der Waals surface area contributed by atoms with E-state index in [1.807, 2.05) is 33.8 Å². The van der Waals surface area contributed by atoms with E-state index in [1.54, 1.807) is 19.2 Å². The second kappa shape index (κ2) is 6.70. The molecule has 2 N–H and O–H groups in total. The van der Waals surface area contributed by atoms with E-state index >= 15 is 0 Å². The summed E-state index contributed by atoms with van der Waals surface area (Å²) in [5.41, 5.74) is 7.88. The summed E-state index contributed by atoms with van der Waals surface area (Å²) in [6.45, 7) is 8.34. The zero-order valence-corrected chi connectivity index (χ0v) is 13.9. The zero-order valence-electron chi connectivity index (χ0n) is 13.1. The van der Waals surface area contributed by atoms with Gasteiger partial charge in [-0.15, -0.1) is 0 Å². The minimum Gasteiger partial charge on any atom is -0.327 e. The molecular weight excluding hydrogens is 272 g/mol. The van der Waals surface area contributed by atoms with Gasteiger partial charge in [-0.25, -0.2) is 12.7 Å². The fraction of sp³-hybridized carbons (Fsp3) is 0.600. The highest BCUT2D eigenvalue weighted by molar-refractivity contribution is 7.89. The van der Waals surface area contributed by atoms with Crippen molar-refractivity contribution in [1.82, 2.24) is 4.31 Å². The largest absolute Gasteiger partial charge is 0.327 e. The van der Waals surface area contributed by atoms with E-state index in [9.17, 15) is 8.42 Å². The smallest absolute Gasteiger partial charge is 0.242 e. The van der Waals surface area contributed by atoms with Crippen LogP contribution in [0.3, 0.4) is 0 Å². The molecule has 114 valence electrons. The number of sulfonamides is 1. The molecule has 0 aliphatic heterocycles. The summed E-state index contributed by atoms with van der Waals surface area (Å²) in [4.78, 5) is 0.357. The Morgan fingerprint density at radius 3 is 2.10 bits per heavy atom. The van der Waals surface area contributed by atoms with Crippen LogP contribution in [-0.4, -0.2) is 32.4 Å². The topological polar surface area (TPSA) is 63.4 Å². The Hall–Kier alpha value is -0.910. The average Bonchev–Trinajstić information content (AvgIpc) is 2.33. The Balaban J connectivity index is 2.87. The van der Waals surface area contributed by atoms with Crippen LogP contribution in [-0.2, 0) is 10.0 Å². The molecule has 20 heavy (non-hydrogen) atoms. The summed E-state index contributed by atoms with van der Waals surface area (Å²) < 4.78 is 26.4. The maximum Gasteiger partial charge on any atom is 0.242 e. The number of hydrogen-bond donors (Lipinski definition) is 1. The molecule has 0 aromatic heterocycles. The van der Waals surface area contributed by atoms with Gasteiger partial charge in [-0.3, -0.25) is 0 Å². The third kappa shape index (κ3) is 4.30. The molecule has 0 radical (unpaired) electrons. The lowest BCUT2D eigenvalue weighted by Gasteiger charge is -2.21. The van der Waals surface area contributed by atoms with Crippen LogP contribution in [0.1, 0.15) is 31.4 Å². The molecule has 0 saturated carbocycles. The summed E-state index contributed by atoms with van der Waals surface area (Å²) in [6, 6.07) is 5.41. The molecule has 0 saturated heterocycles. The van der Waals surface area contributed by atoms with Gasteiger partial charge < -0.3 is 5.73 Å². The van der Waals surface area contributed by atoms with E-state index in [0.29, 0.717) is 23.8 Å².